The molecule has 2 atom stereocenters. The molecule has 404 valence electrons. The van der Waals surface area contributed by atoms with Crippen molar-refractivity contribution in [1.82, 2.24) is 5.32 Å². The number of carboxylic acids is 1. The maximum absolute atomic E-state index is 14.3. The molecule has 0 radical (unpaired) electrons. The van der Waals surface area contributed by atoms with Crippen LogP contribution in [0.25, 0.3) is 0 Å². The second-order valence-corrected chi connectivity index (χ2v) is 17.8. The number of rotatable bonds is 9. The van der Waals surface area contributed by atoms with Crippen LogP contribution in [-0.2, 0) is 42.2 Å². The minimum Gasteiger partial charge on any atom is -0.478 e. The number of aliphatic imine (C=N–C) groups is 2. The fourth-order valence-corrected chi connectivity index (χ4v) is 8.30. The maximum atomic E-state index is 14.3. The quantitative estimate of drug-likeness (QED) is 0.0845. The SMILES string of the molecule is COC(=O)CN.COC(=O)CNC(=O)c1ccc(C2=NCC(c3cc(Cl)c(Cl)c(Cl)c3)(C(F)(F)F)C2)cc1C(F)(F)F.Cl.O=C(O)c1ccc(C2=NCC(c3cc(Cl)c(Cl)c(Cl)c3)(C(F)(F)F)C2)cc1C(F)(F)F. The number of nitrogens with zero attached hydrogens (tertiary/aromatic N) is 2. The van der Waals surface area contributed by atoms with Crippen LogP contribution < -0.4 is 11.1 Å². The number of nitrogens with two attached hydrogens (primary N) is 1. The van der Waals surface area contributed by atoms with Crippen molar-refractivity contribution in [2.24, 2.45) is 15.7 Å². The Balaban J connectivity index is 0.000000350. The first kappa shape index (κ1) is 63.5. The van der Waals surface area contributed by atoms with Crippen molar-refractivity contribution in [2.45, 2.75) is 48.4 Å². The summed E-state index contributed by atoms with van der Waals surface area (Å²) in [7, 11) is 2.33. The van der Waals surface area contributed by atoms with E-state index in [1.165, 1.54) is 7.11 Å². The van der Waals surface area contributed by atoms with Gasteiger partial charge in [-0.2, -0.15) is 52.7 Å². The third-order valence-electron chi connectivity index (χ3n) is 11.0. The molecule has 2 heterocycles. The zero-order chi connectivity index (χ0) is 55.4. The molecule has 4 aromatic carbocycles. The van der Waals surface area contributed by atoms with Crippen LogP contribution in [0.1, 0.15) is 66.9 Å². The van der Waals surface area contributed by atoms with Gasteiger partial charge in [-0.15, -0.1) is 12.4 Å². The minimum absolute atomic E-state index is 0. The summed E-state index contributed by atoms with van der Waals surface area (Å²) < 4.78 is 175. The molecule has 4 aromatic rings. The lowest BCUT2D eigenvalue weighted by Crippen LogP contribution is -2.43. The number of carboxylic acid groups (broad SMARTS) is 1. The number of nitrogens with one attached hydrogen (secondary N) is 1. The van der Waals surface area contributed by atoms with Crippen LogP contribution in [0.15, 0.2) is 70.6 Å². The number of methoxy groups -OCH3 is 2. The number of halogens is 19. The monoisotopic (exact) mass is 1200 g/mol. The lowest BCUT2D eigenvalue weighted by atomic mass is 9.76. The van der Waals surface area contributed by atoms with Crippen LogP contribution in [0.4, 0.5) is 52.7 Å². The van der Waals surface area contributed by atoms with Crippen LogP contribution in [0.2, 0.25) is 30.1 Å². The van der Waals surface area contributed by atoms with Gasteiger partial charge in [0.2, 0.25) is 0 Å². The molecule has 4 N–H and O–H groups in total. The van der Waals surface area contributed by atoms with Crippen molar-refractivity contribution in [3.8, 4) is 0 Å². The zero-order valence-corrected chi connectivity index (χ0v) is 42.4. The Labute approximate surface area is 446 Å². The molecule has 0 aromatic heterocycles. The van der Waals surface area contributed by atoms with Gasteiger partial charge in [0.1, 0.15) is 17.4 Å². The van der Waals surface area contributed by atoms with E-state index in [9.17, 15) is 71.9 Å². The van der Waals surface area contributed by atoms with E-state index in [2.05, 4.69) is 19.5 Å². The number of benzene rings is 4. The van der Waals surface area contributed by atoms with Crippen molar-refractivity contribution in [2.75, 3.05) is 40.4 Å². The highest BCUT2D eigenvalue weighted by molar-refractivity contribution is 6.48. The minimum atomic E-state index is -5.04. The Bertz CT molecular complexity index is 2810. The van der Waals surface area contributed by atoms with Gasteiger partial charge in [0, 0.05) is 24.3 Å². The molecule has 2 unspecified atom stereocenters. The van der Waals surface area contributed by atoms with Crippen LogP contribution in [-0.4, -0.2) is 93.1 Å². The Morgan fingerprint density at radius 1 is 0.608 bits per heavy atom. The summed E-state index contributed by atoms with van der Waals surface area (Å²) >= 11 is 35.3. The Morgan fingerprint density at radius 2 is 0.959 bits per heavy atom. The van der Waals surface area contributed by atoms with Crippen LogP contribution >= 0.6 is 82.0 Å². The Morgan fingerprint density at radius 3 is 1.26 bits per heavy atom. The Kier molecular flexibility index (Phi) is 21.0. The van der Waals surface area contributed by atoms with Gasteiger partial charge >= 0.3 is 42.6 Å². The summed E-state index contributed by atoms with van der Waals surface area (Å²) in [5.41, 5.74) is -6.88. The van der Waals surface area contributed by atoms with Crippen LogP contribution in [0.5, 0.6) is 0 Å². The van der Waals surface area contributed by atoms with Gasteiger partial charge in [0.05, 0.1) is 86.2 Å². The third kappa shape index (κ3) is 14.2. The van der Waals surface area contributed by atoms with E-state index in [1.54, 1.807) is 0 Å². The molecule has 30 heteroatoms. The summed E-state index contributed by atoms with van der Waals surface area (Å²) in [5, 5.41) is 9.81. The number of amides is 1. The van der Waals surface area contributed by atoms with Gasteiger partial charge < -0.3 is 25.6 Å². The molecule has 74 heavy (non-hydrogen) atoms. The summed E-state index contributed by atoms with van der Waals surface area (Å²) in [6, 6.07) is 8.55. The highest BCUT2D eigenvalue weighted by atomic mass is 35.5. The van der Waals surface area contributed by atoms with E-state index in [1.807, 2.05) is 5.32 Å². The predicted molar refractivity (Wildman–Crippen MR) is 253 cm³/mol. The zero-order valence-electron chi connectivity index (χ0n) is 37.1. The largest absolute Gasteiger partial charge is 0.478 e. The molecular formula is C44H33Cl7F12N4O7. The maximum Gasteiger partial charge on any atom is 0.417 e. The molecule has 0 saturated carbocycles. The van der Waals surface area contributed by atoms with Crippen molar-refractivity contribution in [1.29, 1.82) is 0 Å². The van der Waals surface area contributed by atoms with Gasteiger partial charge in [0.25, 0.3) is 5.91 Å². The van der Waals surface area contributed by atoms with Crippen molar-refractivity contribution in [3.63, 3.8) is 0 Å². The number of ether oxygens (including phenoxy) is 2. The first-order valence-corrected chi connectivity index (χ1v) is 22.1. The van der Waals surface area contributed by atoms with Gasteiger partial charge in [-0.1, -0.05) is 81.7 Å². The summed E-state index contributed by atoms with van der Waals surface area (Å²) in [6.07, 6.45) is -21.4. The summed E-state index contributed by atoms with van der Waals surface area (Å²) in [6.45, 7) is -2.36. The van der Waals surface area contributed by atoms with Crippen molar-refractivity contribution < 1.29 is 86.4 Å². The highest BCUT2D eigenvalue weighted by Crippen LogP contribution is 2.52. The molecular weight excluding hydrogens is 1170 g/mol. The fourth-order valence-electron chi connectivity index (χ4n) is 7.10. The fraction of sp³-hybridized carbons (Fsp3) is 0.318. The number of hydrogen-bond acceptors (Lipinski definition) is 9. The molecule has 2 aliphatic rings. The molecule has 1 amide bonds. The van der Waals surface area contributed by atoms with E-state index < -0.39 is 108 Å². The number of esters is 2. The summed E-state index contributed by atoms with van der Waals surface area (Å²) in [5.74, 6) is -4.31. The predicted octanol–water partition coefficient (Wildman–Crippen LogP) is 12.9. The van der Waals surface area contributed by atoms with Crippen LogP contribution in [0, 0.1) is 0 Å². The number of alkyl halides is 12. The van der Waals surface area contributed by atoms with Gasteiger partial charge in [0.15, 0.2) is 0 Å². The number of aromatic carboxylic acids is 1. The molecule has 0 spiro atoms. The van der Waals surface area contributed by atoms with E-state index in [4.69, 9.17) is 80.4 Å². The second-order valence-electron chi connectivity index (χ2n) is 15.4. The first-order valence-electron chi connectivity index (χ1n) is 19.9. The molecule has 11 nitrogen and oxygen atoms in total. The Hall–Kier alpha value is -4.75. The van der Waals surface area contributed by atoms with E-state index in [0.717, 1.165) is 49.6 Å². The lowest BCUT2D eigenvalue weighted by molar-refractivity contribution is -0.184. The second kappa shape index (κ2) is 24.5. The molecule has 0 fully saturated rings. The number of hydrogen-bond donors (Lipinski definition) is 3. The van der Waals surface area contributed by atoms with Crippen molar-refractivity contribution >= 4 is 117 Å². The number of carbonyl (C=O) groups is 4. The van der Waals surface area contributed by atoms with Crippen molar-refractivity contribution in [3.05, 3.63) is 135 Å². The summed E-state index contributed by atoms with van der Waals surface area (Å²) in [4.78, 5) is 52.1. The molecule has 0 saturated heterocycles. The van der Waals surface area contributed by atoms with Gasteiger partial charge in [-0.05, 0) is 70.8 Å². The normalized spacial score (nSPS) is 17.6. The average Bonchev–Trinajstić information content (AvgIpc) is 3.99. The lowest BCUT2D eigenvalue weighted by Gasteiger charge is -2.32. The van der Waals surface area contributed by atoms with Gasteiger partial charge in [-0.25, -0.2) is 4.79 Å². The average molecular weight is 1210 g/mol. The highest BCUT2D eigenvalue weighted by Gasteiger charge is 2.60. The van der Waals surface area contributed by atoms with E-state index >= 15 is 0 Å². The van der Waals surface area contributed by atoms with E-state index in [0.29, 0.717) is 18.2 Å². The first-order chi connectivity index (χ1) is 33.6. The van der Waals surface area contributed by atoms with E-state index in [-0.39, 0.29) is 88.7 Å². The smallest absolute Gasteiger partial charge is 0.417 e. The third-order valence-corrected chi connectivity index (χ3v) is 13.4. The topological polar surface area (TPSA) is 170 Å². The molecule has 0 bridgehead atoms. The number of carbonyl (C=O) groups excluding carboxylic acids is 3. The van der Waals surface area contributed by atoms with Gasteiger partial charge in [-0.3, -0.25) is 24.4 Å². The molecule has 2 aliphatic heterocycles. The standard InChI is InChI=1S/C22H15Cl3F6N2O3.C19H10Cl3F6NO2.C3H7NO2.ClH/c1-36-17(34)8-32-19(35)12-3-2-10(4-13(12)21(26,27)28)16-7-20(9-33-16,22(29,30)31)11-5-14(23)18(25)15(24)6-11;20-12-4-9(5-13(21)15(12)22)17(19(26,27)28)6-14(29-7-17)8-1-2-10(16(30)31)11(3-8)18(23,24)25;1-6-3(5)2-4;/h2-6H,7-9H2,1H3,(H,32,35);1-5H,6-7H2,(H,30,31);2,4H2,1H3;1H. The molecule has 0 aliphatic carbocycles. The molecule has 6 rings (SSSR count). The van der Waals surface area contributed by atoms with Crippen LogP contribution in [0.3, 0.4) is 0 Å².